The Kier molecular flexibility index (Phi) is 7.00. The fourth-order valence-electron chi connectivity index (χ4n) is 3.74. The Hall–Kier alpha value is -1.46. The first-order valence-electron chi connectivity index (χ1n) is 9.72. The number of sulfone groups is 1. The van der Waals surface area contributed by atoms with Gasteiger partial charge in [0.15, 0.2) is 14.9 Å². The monoisotopic (exact) mass is 437 g/mol. The minimum absolute atomic E-state index is 0.0105. The van der Waals surface area contributed by atoms with Crippen molar-refractivity contribution in [2.24, 2.45) is 0 Å². The summed E-state index contributed by atoms with van der Waals surface area (Å²) in [6, 6.07) is 0. The Labute approximate surface area is 168 Å². The molecule has 0 bridgehead atoms. The number of hydrogen-bond donors (Lipinski definition) is 0. The normalized spacial score (nSPS) is 25.1. The van der Waals surface area contributed by atoms with Gasteiger partial charge in [-0.3, -0.25) is 4.90 Å². The van der Waals surface area contributed by atoms with Gasteiger partial charge in [0, 0.05) is 19.3 Å². The smallest absolute Gasteiger partial charge is 0.401 e. The van der Waals surface area contributed by atoms with Crippen LogP contribution in [0.3, 0.4) is 0 Å². The Morgan fingerprint density at radius 2 is 1.59 bits per heavy atom. The van der Waals surface area contributed by atoms with Crippen LogP contribution in [0.2, 0.25) is 0 Å². The first kappa shape index (κ1) is 22.2. The molecule has 0 atom stereocenters. The summed E-state index contributed by atoms with van der Waals surface area (Å²) >= 11 is 0. The van der Waals surface area contributed by atoms with Crippen molar-refractivity contribution in [1.29, 1.82) is 0 Å². The number of alkyl halides is 3. The van der Waals surface area contributed by atoms with Crippen LogP contribution in [0.25, 0.3) is 0 Å². The minimum Gasteiger partial charge on any atom is -0.473 e. The van der Waals surface area contributed by atoms with Gasteiger partial charge in [0.1, 0.15) is 6.10 Å². The molecule has 164 valence electrons. The summed E-state index contributed by atoms with van der Waals surface area (Å²) in [4.78, 5) is 9.30. The lowest BCUT2D eigenvalue weighted by molar-refractivity contribution is -0.153. The maximum atomic E-state index is 12.5. The molecule has 2 aliphatic rings. The van der Waals surface area contributed by atoms with Crippen LogP contribution in [-0.2, 0) is 14.6 Å². The first-order chi connectivity index (χ1) is 13.6. The van der Waals surface area contributed by atoms with Gasteiger partial charge in [-0.25, -0.2) is 18.4 Å². The van der Waals surface area contributed by atoms with E-state index in [1.807, 2.05) is 0 Å². The predicted molar refractivity (Wildman–Crippen MR) is 98.4 cm³/mol. The Bertz CT molecular complexity index is 758. The molecule has 3 rings (SSSR count). The zero-order valence-corrected chi connectivity index (χ0v) is 17.1. The van der Waals surface area contributed by atoms with E-state index in [-0.39, 0.29) is 23.3 Å². The highest BCUT2D eigenvalue weighted by atomic mass is 32.2. The van der Waals surface area contributed by atoms with E-state index in [2.05, 4.69) is 9.97 Å². The van der Waals surface area contributed by atoms with Crippen LogP contribution in [0, 0.1) is 0 Å². The fraction of sp³-hybridized carbons (Fsp3) is 0.778. The van der Waals surface area contributed by atoms with Crippen LogP contribution in [0.5, 0.6) is 5.88 Å². The van der Waals surface area contributed by atoms with Gasteiger partial charge in [0.25, 0.3) is 0 Å². The number of ether oxygens (including phenoxy) is 2. The van der Waals surface area contributed by atoms with Crippen LogP contribution in [0.1, 0.15) is 38.5 Å². The standard InChI is InChI=1S/C18H26F3N3O4S/c1-29(25,26)17-11-22-16(10-23-17)28-14-4-2-13(3-5-14)27-15-6-8-24(9-7-15)12-18(19,20)21/h10-11,13-15H,2-9,12H2,1H3/t13-,14-. The molecule has 0 amide bonds. The lowest BCUT2D eigenvalue weighted by Crippen LogP contribution is -2.43. The van der Waals surface area contributed by atoms with E-state index in [1.165, 1.54) is 17.3 Å². The van der Waals surface area contributed by atoms with Crippen molar-refractivity contribution in [2.45, 2.75) is 68.0 Å². The van der Waals surface area contributed by atoms with Crippen molar-refractivity contribution >= 4 is 9.84 Å². The van der Waals surface area contributed by atoms with Crippen molar-refractivity contribution < 1.29 is 31.1 Å². The molecule has 0 unspecified atom stereocenters. The number of hydrogen-bond acceptors (Lipinski definition) is 7. The molecule has 0 spiro atoms. The molecular formula is C18H26F3N3O4S. The van der Waals surface area contributed by atoms with Gasteiger partial charge in [-0.05, 0) is 38.5 Å². The molecule has 1 aliphatic heterocycles. The summed E-state index contributed by atoms with van der Waals surface area (Å²) in [5.74, 6) is 0.291. The molecule has 1 aliphatic carbocycles. The van der Waals surface area contributed by atoms with E-state index in [1.54, 1.807) is 0 Å². The topological polar surface area (TPSA) is 81.6 Å². The van der Waals surface area contributed by atoms with Gasteiger partial charge in [0.05, 0.1) is 31.1 Å². The van der Waals surface area contributed by atoms with Crippen molar-refractivity contribution in [3.63, 3.8) is 0 Å². The van der Waals surface area contributed by atoms with Crippen molar-refractivity contribution in [2.75, 3.05) is 25.9 Å². The second kappa shape index (κ2) is 9.13. The van der Waals surface area contributed by atoms with Crippen LogP contribution in [0.15, 0.2) is 17.4 Å². The van der Waals surface area contributed by atoms with Crippen LogP contribution in [-0.4, -0.2) is 73.7 Å². The number of aromatic nitrogens is 2. The van der Waals surface area contributed by atoms with Gasteiger partial charge in [-0.1, -0.05) is 0 Å². The van der Waals surface area contributed by atoms with Gasteiger partial charge in [0.2, 0.25) is 5.88 Å². The molecule has 11 heteroatoms. The van der Waals surface area contributed by atoms with Gasteiger partial charge >= 0.3 is 6.18 Å². The highest BCUT2D eigenvalue weighted by molar-refractivity contribution is 7.90. The van der Waals surface area contributed by atoms with Crippen molar-refractivity contribution in [3.8, 4) is 5.88 Å². The van der Waals surface area contributed by atoms with Crippen molar-refractivity contribution in [1.82, 2.24) is 14.9 Å². The Morgan fingerprint density at radius 1 is 1.00 bits per heavy atom. The number of halogens is 3. The third-order valence-electron chi connectivity index (χ3n) is 5.22. The summed E-state index contributed by atoms with van der Waals surface area (Å²) in [6.45, 7) is -0.0359. The SMILES string of the molecule is CS(=O)(=O)c1cnc(O[C@H]2CC[C@H](OC3CCN(CC(F)(F)F)CC3)CC2)cn1. The number of nitrogens with zero attached hydrogens (tertiary/aromatic N) is 3. The number of rotatable bonds is 6. The largest absolute Gasteiger partial charge is 0.473 e. The minimum atomic E-state index is -4.15. The molecule has 1 saturated carbocycles. The van der Waals surface area contributed by atoms with Gasteiger partial charge < -0.3 is 9.47 Å². The van der Waals surface area contributed by atoms with Crippen LogP contribution < -0.4 is 4.74 Å². The van der Waals surface area contributed by atoms with Crippen LogP contribution >= 0.6 is 0 Å². The Balaban J connectivity index is 1.38. The lowest BCUT2D eigenvalue weighted by atomic mass is 9.94. The van der Waals surface area contributed by atoms with E-state index in [0.717, 1.165) is 31.9 Å². The molecule has 7 nitrogen and oxygen atoms in total. The highest BCUT2D eigenvalue weighted by Gasteiger charge is 2.33. The number of piperidine rings is 1. The molecule has 0 N–H and O–H groups in total. The summed E-state index contributed by atoms with van der Waals surface area (Å²) in [5, 5.41) is -0.0942. The van der Waals surface area contributed by atoms with E-state index >= 15 is 0 Å². The molecule has 1 saturated heterocycles. The summed E-state index contributed by atoms with van der Waals surface area (Å²) in [6.07, 6.45) is 3.87. The quantitative estimate of drug-likeness (QED) is 0.677. The number of likely N-dealkylation sites (tertiary alicyclic amines) is 1. The van der Waals surface area contributed by atoms with Gasteiger partial charge in [-0.2, -0.15) is 13.2 Å². The second-order valence-electron chi connectivity index (χ2n) is 7.71. The molecule has 29 heavy (non-hydrogen) atoms. The molecule has 1 aromatic heterocycles. The molecular weight excluding hydrogens is 411 g/mol. The predicted octanol–water partition coefficient (Wildman–Crippen LogP) is 2.61. The van der Waals surface area contributed by atoms with E-state index in [0.29, 0.717) is 31.8 Å². The third-order valence-corrected chi connectivity index (χ3v) is 6.19. The zero-order chi connectivity index (χ0) is 21.1. The lowest BCUT2D eigenvalue weighted by Gasteiger charge is -2.36. The molecule has 0 aromatic carbocycles. The molecule has 0 radical (unpaired) electrons. The van der Waals surface area contributed by atoms with Crippen molar-refractivity contribution in [3.05, 3.63) is 12.4 Å². The summed E-state index contributed by atoms with van der Waals surface area (Å²) in [7, 11) is -3.39. The maximum Gasteiger partial charge on any atom is 0.401 e. The molecule has 1 aromatic rings. The zero-order valence-electron chi connectivity index (χ0n) is 16.3. The van der Waals surface area contributed by atoms with Gasteiger partial charge in [-0.15, -0.1) is 0 Å². The first-order valence-corrected chi connectivity index (χ1v) is 11.6. The van der Waals surface area contributed by atoms with E-state index in [4.69, 9.17) is 9.47 Å². The fourth-order valence-corrected chi connectivity index (χ4v) is 4.23. The third kappa shape index (κ3) is 7.07. The molecule has 2 heterocycles. The van der Waals surface area contributed by atoms with E-state index in [9.17, 15) is 21.6 Å². The maximum absolute atomic E-state index is 12.5. The van der Waals surface area contributed by atoms with Crippen LogP contribution in [0.4, 0.5) is 13.2 Å². The summed E-state index contributed by atoms with van der Waals surface area (Å²) in [5.41, 5.74) is 0. The molecule has 2 fully saturated rings. The van der Waals surface area contributed by atoms with E-state index < -0.39 is 22.6 Å². The second-order valence-corrected chi connectivity index (χ2v) is 9.67. The average molecular weight is 437 g/mol. The highest BCUT2D eigenvalue weighted by Crippen LogP contribution is 2.28. The average Bonchev–Trinajstić information content (AvgIpc) is 2.63. The summed E-state index contributed by atoms with van der Waals surface area (Å²) < 4.78 is 72.1. The Morgan fingerprint density at radius 3 is 2.10 bits per heavy atom.